The van der Waals surface area contributed by atoms with Crippen LogP contribution in [0.15, 0.2) is 18.2 Å². The van der Waals surface area contributed by atoms with Gasteiger partial charge in [-0.05, 0) is 24.0 Å². The van der Waals surface area contributed by atoms with Gasteiger partial charge in [0.05, 0.1) is 16.7 Å². The number of aliphatic hydroxyl groups is 1. The summed E-state index contributed by atoms with van der Waals surface area (Å²) in [5.41, 5.74) is 6.49. The van der Waals surface area contributed by atoms with Crippen LogP contribution in [0.25, 0.3) is 0 Å². The Morgan fingerprint density at radius 1 is 1.47 bits per heavy atom. The predicted octanol–water partition coefficient (Wildman–Crippen LogP) is 2.42. The van der Waals surface area contributed by atoms with E-state index in [-0.39, 0.29) is 17.9 Å². The van der Waals surface area contributed by atoms with Crippen LogP contribution < -0.4 is 5.73 Å². The molecular weight excluding hydrogens is 233 g/mol. The molecule has 0 amide bonds. The predicted molar refractivity (Wildman–Crippen MR) is 62.4 cm³/mol. The number of benzene rings is 1. The summed E-state index contributed by atoms with van der Waals surface area (Å²) in [4.78, 5) is 0. The van der Waals surface area contributed by atoms with E-state index >= 15 is 0 Å². The molecule has 2 atom stereocenters. The van der Waals surface area contributed by atoms with Crippen LogP contribution in [0.1, 0.15) is 17.9 Å². The maximum atomic E-state index is 9.29. The fourth-order valence-corrected chi connectivity index (χ4v) is 2.48. The van der Waals surface area contributed by atoms with Gasteiger partial charge in [0.15, 0.2) is 0 Å². The van der Waals surface area contributed by atoms with Crippen molar-refractivity contribution >= 4 is 23.2 Å². The first kappa shape index (κ1) is 11.2. The van der Waals surface area contributed by atoms with Crippen molar-refractivity contribution in [3.63, 3.8) is 0 Å². The normalized spacial score (nSPS) is 29.2. The lowest BCUT2D eigenvalue weighted by Gasteiger charge is -2.12. The maximum Gasteiger partial charge on any atom is 0.0627 e. The lowest BCUT2D eigenvalue weighted by Crippen LogP contribution is -2.21. The highest BCUT2D eigenvalue weighted by atomic mass is 35.5. The lowest BCUT2D eigenvalue weighted by molar-refractivity contribution is 0.211. The lowest BCUT2D eigenvalue weighted by atomic mass is 10.00. The molecule has 1 aliphatic carbocycles. The van der Waals surface area contributed by atoms with Gasteiger partial charge in [-0.25, -0.2) is 0 Å². The van der Waals surface area contributed by atoms with Crippen LogP contribution in [0.2, 0.25) is 10.0 Å². The fourth-order valence-electron chi connectivity index (χ4n) is 2.04. The number of hydrogen-bond acceptors (Lipinski definition) is 2. The third-order valence-electron chi connectivity index (χ3n) is 3.27. The molecule has 1 saturated carbocycles. The zero-order valence-electron chi connectivity index (χ0n) is 8.21. The molecule has 0 radical (unpaired) electrons. The second-order valence-corrected chi connectivity index (χ2v) is 4.91. The summed E-state index contributed by atoms with van der Waals surface area (Å²) >= 11 is 12.1. The molecular formula is C11H13Cl2NO. The minimum atomic E-state index is -0.172. The average Bonchev–Trinajstić information content (AvgIpc) is 2.97. The van der Waals surface area contributed by atoms with Crippen molar-refractivity contribution in [2.24, 2.45) is 11.1 Å². The Bertz CT molecular complexity index is 377. The van der Waals surface area contributed by atoms with Crippen molar-refractivity contribution in [3.05, 3.63) is 33.8 Å². The summed E-state index contributed by atoms with van der Waals surface area (Å²) in [6.45, 7) is 0.591. The Kier molecular flexibility index (Phi) is 2.95. The maximum absolute atomic E-state index is 9.29. The summed E-state index contributed by atoms with van der Waals surface area (Å²) < 4.78 is 0. The molecule has 0 spiro atoms. The van der Waals surface area contributed by atoms with E-state index in [0.717, 1.165) is 12.0 Å². The quantitative estimate of drug-likeness (QED) is 0.860. The molecule has 1 aromatic carbocycles. The molecule has 0 unspecified atom stereocenters. The topological polar surface area (TPSA) is 46.2 Å². The van der Waals surface area contributed by atoms with E-state index in [2.05, 4.69) is 0 Å². The van der Waals surface area contributed by atoms with E-state index in [0.29, 0.717) is 16.6 Å². The minimum Gasteiger partial charge on any atom is -0.396 e. The van der Waals surface area contributed by atoms with Crippen LogP contribution in [0.4, 0.5) is 0 Å². The van der Waals surface area contributed by atoms with Gasteiger partial charge in [0.1, 0.15) is 0 Å². The van der Waals surface area contributed by atoms with Crippen LogP contribution in [-0.4, -0.2) is 18.3 Å². The fraction of sp³-hybridized carbons (Fsp3) is 0.455. The summed E-state index contributed by atoms with van der Waals surface area (Å²) in [5.74, 6) is 0.249. The summed E-state index contributed by atoms with van der Waals surface area (Å²) in [6.07, 6.45) is 0.889. The first-order chi connectivity index (χ1) is 7.14. The van der Waals surface area contributed by atoms with Gasteiger partial charge in [-0.3, -0.25) is 0 Å². The molecule has 82 valence electrons. The Labute approximate surface area is 99.0 Å². The van der Waals surface area contributed by atoms with Gasteiger partial charge in [-0.15, -0.1) is 0 Å². The van der Waals surface area contributed by atoms with Gasteiger partial charge in [0.2, 0.25) is 0 Å². The summed E-state index contributed by atoms with van der Waals surface area (Å²) in [6, 6.07) is 5.59. The highest BCUT2D eigenvalue weighted by Crippen LogP contribution is 2.59. The highest BCUT2D eigenvalue weighted by molar-refractivity contribution is 6.42. The van der Waals surface area contributed by atoms with Crippen molar-refractivity contribution in [2.75, 3.05) is 13.2 Å². The molecule has 1 aromatic rings. The van der Waals surface area contributed by atoms with Gasteiger partial charge in [0, 0.05) is 12.0 Å². The van der Waals surface area contributed by atoms with Crippen LogP contribution >= 0.6 is 23.2 Å². The molecule has 2 rings (SSSR count). The molecule has 3 N–H and O–H groups in total. The van der Waals surface area contributed by atoms with E-state index in [1.165, 1.54) is 0 Å². The summed E-state index contributed by atoms with van der Waals surface area (Å²) in [7, 11) is 0. The van der Waals surface area contributed by atoms with Crippen molar-refractivity contribution in [3.8, 4) is 0 Å². The average molecular weight is 246 g/mol. The Morgan fingerprint density at radius 3 is 2.73 bits per heavy atom. The molecule has 2 nitrogen and oxygen atoms in total. The van der Waals surface area contributed by atoms with Crippen molar-refractivity contribution < 1.29 is 5.11 Å². The van der Waals surface area contributed by atoms with Gasteiger partial charge < -0.3 is 10.8 Å². The SMILES string of the molecule is NC[C@]1(CO)C[C@H]1c1cccc(Cl)c1Cl. The largest absolute Gasteiger partial charge is 0.396 e. The van der Waals surface area contributed by atoms with E-state index < -0.39 is 0 Å². The second kappa shape index (κ2) is 3.95. The number of halogens is 2. The van der Waals surface area contributed by atoms with E-state index in [9.17, 15) is 5.11 Å². The minimum absolute atomic E-state index is 0.108. The van der Waals surface area contributed by atoms with Crippen LogP contribution in [0, 0.1) is 5.41 Å². The van der Waals surface area contributed by atoms with Gasteiger partial charge in [-0.2, -0.15) is 0 Å². The molecule has 0 aliphatic heterocycles. The molecule has 1 aliphatic rings. The smallest absolute Gasteiger partial charge is 0.0627 e. The van der Waals surface area contributed by atoms with Crippen molar-refractivity contribution in [1.29, 1.82) is 0 Å². The zero-order chi connectivity index (χ0) is 11.1. The molecule has 0 bridgehead atoms. The van der Waals surface area contributed by atoms with Crippen LogP contribution in [0.5, 0.6) is 0 Å². The van der Waals surface area contributed by atoms with E-state index in [1.54, 1.807) is 6.07 Å². The summed E-state index contributed by atoms with van der Waals surface area (Å²) in [5, 5.41) is 10.4. The van der Waals surface area contributed by atoms with Crippen LogP contribution in [-0.2, 0) is 0 Å². The van der Waals surface area contributed by atoms with E-state index in [4.69, 9.17) is 28.9 Å². The standard InChI is InChI=1S/C11H13Cl2NO/c12-9-3-1-2-7(10(9)13)8-4-11(8,5-14)6-15/h1-3,8,15H,4-6,14H2/t8-,11-/m0/s1. The van der Waals surface area contributed by atoms with Crippen molar-refractivity contribution in [2.45, 2.75) is 12.3 Å². The third kappa shape index (κ3) is 1.76. The van der Waals surface area contributed by atoms with Crippen molar-refractivity contribution in [1.82, 2.24) is 0 Å². The Morgan fingerprint density at radius 2 is 2.20 bits per heavy atom. The zero-order valence-corrected chi connectivity index (χ0v) is 9.72. The Balaban J connectivity index is 2.30. The molecule has 0 heterocycles. The monoisotopic (exact) mass is 245 g/mol. The molecule has 1 fully saturated rings. The van der Waals surface area contributed by atoms with E-state index in [1.807, 2.05) is 12.1 Å². The molecule has 0 aromatic heterocycles. The first-order valence-electron chi connectivity index (χ1n) is 4.89. The van der Waals surface area contributed by atoms with Gasteiger partial charge >= 0.3 is 0 Å². The van der Waals surface area contributed by atoms with Crippen LogP contribution in [0.3, 0.4) is 0 Å². The molecule has 0 saturated heterocycles. The van der Waals surface area contributed by atoms with Gasteiger partial charge in [0.25, 0.3) is 0 Å². The molecule has 4 heteroatoms. The highest BCUT2D eigenvalue weighted by Gasteiger charge is 2.54. The second-order valence-electron chi connectivity index (χ2n) is 4.12. The Hall–Kier alpha value is -0.280. The number of nitrogens with two attached hydrogens (primary N) is 1. The first-order valence-corrected chi connectivity index (χ1v) is 5.65. The third-order valence-corrected chi connectivity index (χ3v) is 4.10. The van der Waals surface area contributed by atoms with Gasteiger partial charge in [-0.1, -0.05) is 35.3 Å². The number of hydrogen-bond donors (Lipinski definition) is 2. The number of aliphatic hydroxyl groups excluding tert-OH is 1. The molecule has 15 heavy (non-hydrogen) atoms. The number of rotatable bonds is 3.